The average Bonchev–Trinajstić information content (AvgIpc) is 3.03. The van der Waals surface area contributed by atoms with Gasteiger partial charge in [0.15, 0.2) is 6.10 Å². The van der Waals surface area contributed by atoms with Crippen LogP contribution in [0.25, 0.3) is 0 Å². The molecule has 1 aliphatic rings. The van der Waals surface area contributed by atoms with Crippen molar-refractivity contribution in [1.29, 1.82) is 0 Å². The van der Waals surface area contributed by atoms with Gasteiger partial charge in [0.1, 0.15) is 5.75 Å². The topological polar surface area (TPSA) is 58.6 Å². The largest absolute Gasteiger partial charge is 0.481 e. The summed E-state index contributed by atoms with van der Waals surface area (Å²) in [5.41, 5.74) is 2.59. The molecule has 0 spiro atoms. The van der Waals surface area contributed by atoms with Gasteiger partial charge in [0.05, 0.1) is 0 Å². The Morgan fingerprint density at radius 3 is 2.03 bits per heavy atom. The number of hydrogen-bond donors (Lipinski definition) is 1. The number of carbonyl (C=O) groups excluding carboxylic acids is 2. The molecule has 1 N–H and O–H groups in total. The normalized spacial score (nSPS) is 15.7. The fraction of sp³-hybridized carbons (Fsp3) is 0.462. The standard InChI is InChI=1S/C26H34N2O3/c1-19(31-23-15-11-21(12-16-23)26(2,3)4)24(29)27-22-13-9-20(10-14-22)25(30)28-17-7-5-6-8-18-28/h9-16,19H,5-8,17-18H2,1-4H3,(H,27,29). The van der Waals surface area contributed by atoms with Gasteiger partial charge in [-0.05, 0) is 67.1 Å². The molecule has 0 radical (unpaired) electrons. The molecule has 31 heavy (non-hydrogen) atoms. The summed E-state index contributed by atoms with van der Waals surface area (Å²) in [6.45, 7) is 9.85. The number of nitrogens with one attached hydrogen (secondary N) is 1. The Hall–Kier alpha value is -2.82. The maximum Gasteiger partial charge on any atom is 0.265 e. The van der Waals surface area contributed by atoms with Crippen LogP contribution >= 0.6 is 0 Å². The molecule has 166 valence electrons. The van der Waals surface area contributed by atoms with Gasteiger partial charge in [0, 0.05) is 24.3 Å². The number of likely N-dealkylation sites (tertiary alicyclic amines) is 1. The van der Waals surface area contributed by atoms with E-state index >= 15 is 0 Å². The van der Waals surface area contributed by atoms with Gasteiger partial charge in [-0.3, -0.25) is 9.59 Å². The van der Waals surface area contributed by atoms with E-state index in [4.69, 9.17) is 4.74 Å². The van der Waals surface area contributed by atoms with Crippen LogP contribution in [-0.4, -0.2) is 35.9 Å². The Morgan fingerprint density at radius 1 is 0.903 bits per heavy atom. The summed E-state index contributed by atoms with van der Waals surface area (Å²) >= 11 is 0. The van der Waals surface area contributed by atoms with E-state index in [0.29, 0.717) is 17.0 Å². The van der Waals surface area contributed by atoms with Crippen LogP contribution < -0.4 is 10.1 Å². The Kier molecular flexibility index (Phi) is 7.37. The number of nitrogens with zero attached hydrogens (tertiary/aromatic N) is 1. The molecule has 0 saturated carbocycles. The van der Waals surface area contributed by atoms with Crippen molar-refractivity contribution in [2.45, 2.75) is 64.9 Å². The van der Waals surface area contributed by atoms with Crippen LogP contribution in [0.15, 0.2) is 48.5 Å². The minimum Gasteiger partial charge on any atom is -0.481 e. The van der Waals surface area contributed by atoms with E-state index in [-0.39, 0.29) is 17.2 Å². The SMILES string of the molecule is CC(Oc1ccc(C(C)(C)C)cc1)C(=O)Nc1ccc(C(=O)N2CCCCCC2)cc1. The summed E-state index contributed by atoms with van der Waals surface area (Å²) < 4.78 is 5.80. The van der Waals surface area contributed by atoms with E-state index in [0.717, 1.165) is 25.9 Å². The van der Waals surface area contributed by atoms with E-state index in [2.05, 4.69) is 26.1 Å². The highest BCUT2D eigenvalue weighted by atomic mass is 16.5. The summed E-state index contributed by atoms with van der Waals surface area (Å²) in [7, 11) is 0. The molecule has 1 atom stereocenters. The zero-order valence-corrected chi connectivity index (χ0v) is 19.1. The van der Waals surface area contributed by atoms with Crippen molar-refractivity contribution in [3.05, 3.63) is 59.7 Å². The highest BCUT2D eigenvalue weighted by molar-refractivity contribution is 5.96. The summed E-state index contributed by atoms with van der Waals surface area (Å²) in [5, 5.41) is 2.86. The third-order valence-electron chi connectivity index (χ3n) is 5.70. The van der Waals surface area contributed by atoms with Crippen LogP contribution in [0.1, 0.15) is 69.3 Å². The lowest BCUT2D eigenvalue weighted by Gasteiger charge is -2.21. The summed E-state index contributed by atoms with van der Waals surface area (Å²) in [4.78, 5) is 27.2. The first-order chi connectivity index (χ1) is 14.7. The lowest BCUT2D eigenvalue weighted by Crippen LogP contribution is -2.32. The van der Waals surface area contributed by atoms with Crippen LogP contribution in [-0.2, 0) is 10.2 Å². The van der Waals surface area contributed by atoms with Gasteiger partial charge in [-0.15, -0.1) is 0 Å². The molecule has 1 aliphatic heterocycles. The van der Waals surface area contributed by atoms with Crippen LogP contribution in [0.2, 0.25) is 0 Å². The van der Waals surface area contributed by atoms with E-state index in [1.165, 1.54) is 18.4 Å². The Balaban J connectivity index is 1.55. The number of amides is 2. The van der Waals surface area contributed by atoms with E-state index < -0.39 is 6.10 Å². The molecular weight excluding hydrogens is 388 g/mol. The highest BCUT2D eigenvalue weighted by Gasteiger charge is 2.19. The van der Waals surface area contributed by atoms with Crippen molar-refractivity contribution in [2.24, 2.45) is 0 Å². The van der Waals surface area contributed by atoms with Crippen molar-refractivity contribution in [1.82, 2.24) is 4.90 Å². The number of carbonyl (C=O) groups is 2. The van der Waals surface area contributed by atoms with Gasteiger partial charge in [-0.2, -0.15) is 0 Å². The second-order valence-electron chi connectivity index (χ2n) is 9.31. The number of rotatable bonds is 5. The molecule has 1 heterocycles. The van der Waals surface area contributed by atoms with Crippen molar-refractivity contribution in [3.63, 3.8) is 0 Å². The number of hydrogen-bond acceptors (Lipinski definition) is 3. The number of anilines is 1. The zero-order valence-electron chi connectivity index (χ0n) is 19.1. The molecule has 0 bridgehead atoms. The lowest BCUT2D eigenvalue weighted by atomic mass is 9.87. The average molecular weight is 423 g/mol. The van der Waals surface area contributed by atoms with Gasteiger partial charge in [-0.1, -0.05) is 45.7 Å². The monoisotopic (exact) mass is 422 g/mol. The van der Waals surface area contributed by atoms with Crippen LogP contribution in [0, 0.1) is 0 Å². The first-order valence-electron chi connectivity index (χ1n) is 11.2. The predicted octanol–water partition coefficient (Wildman–Crippen LogP) is 5.41. The van der Waals surface area contributed by atoms with Crippen molar-refractivity contribution in [2.75, 3.05) is 18.4 Å². The summed E-state index contributed by atoms with van der Waals surface area (Å²) in [5.74, 6) is 0.496. The van der Waals surface area contributed by atoms with Gasteiger partial charge < -0.3 is 15.0 Å². The molecule has 1 unspecified atom stereocenters. The third-order valence-corrected chi connectivity index (χ3v) is 5.70. The van der Waals surface area contributed by atoms with Crippen LogP contribution in [0.5, 0.6) is 5.75 Å². The Morgan fingerprint density at radius 2 is 1.48 bits per heavy atom. The molecule has 1 fully saturated rings. The van der Waals surface area contributed by atoms with Crippen molar-refractivity contribution >= 4 is 17.5 Å². The summed E-state index contributed by atoms with van der Waals surface area (Å²) in [6.07, 6.45) is 3.87. The molecule has 2 aromatic rings. The minimum atomic E-state index is -0.640. The maximum absolute atomic E-state index is 12.7. The highest BCUT2D eigenvalue weighted by Crippen LogP contribution is 2.25. The molecule has 1 saturated heterocycles. The first kappa shape index (κ1) is 22.9. The second-order valence-corrected chi connectivity index (χ2v) is 9.31. The smallest absolute Gasteiger partial charge is 0.265 e. The van der Waals surface area contributed by atoms with Gasteiger partial charge >= 0.3 is 0 Å². The maximum atomic E-state index is 12.7. The van der Waals surface area contributed by atoms with Crippen LogP contribution in [0.4, 0.5) is 5.69 Å². The second kappa shape index (κ2) is 9.99. The van der Waals surface area contributed by atoms with Crippen LogP contribution in [0.3, 0.4) is 0 Å². The van der Waals surface area contributed by atoms with Crippen molar-refractivity contribution in [3.8, 4) is 5.75 Å². The Labute approximate surface area is 185 Å². The third kappa shape index (κ3) is 6.33. The first-order valence-corrected chi connectivity index (χ1v) is 11.2. The van der Waals surface area contributed by atoms with Gasteiger partial charge in [0.25, 0.3) is 11.8 Å². The van der Waals surface area contributed by atoms with Gasteiger partial charge in [0.2, 0.25) is 0 Å². The fourth-order valence-electron chi connectivity index (χ4n) is 3.69. The number of benzene rings is 2. The van der Waals surface area contributed by atoms with E-state index in [1.54, 1.807) is 31.2 Å². The van der Waals surface area contributed by atoms with E-state index in [9.17, 15) is 9.59 Å². The Bertz CT molecular complexity index is 874. The molecule has 5 heteroatoms. The lowest BCUT2D eigenvalue weighted by molar-refractivity contribution is -0.122. The van der Waals surface area contributed by atoms with Crippen molar-refractivity contribution < 1.29 is 14.3 Å². The zero-order chi connectivity index (χ0) is 22.4. The minimum absolute atomic E-state index is 0.0650. The molecule has 0 aliphatic carbocycles. The molecule has 0 aromatic heterocycles. The molecule has 5 nitrogen and oxygen atoms in total. The van der Waals surface area contributed by atoms with Gasteiger partial charge in [-0.25, -0.2) is 0 Å². The molecule has 2 aromatic carbocycles. The molecule has 2 amide bonds. The quantitative estimate of drug-likeness (QED) is 0.701. The molecule has 3 rings (SSSR count). The van der Waals surface area contributed by atoms with E-state index in [1.807, 2.05) is 29.2 Å². The number of ether oxygens (including phenoxy) is 1. The predicted molar refractivity (Wildman–Crippen MR) is 125 cm³/mol. The molecular formula is C26H34N2O3. The summed E-state index contributed by atoms with van der Waals surface area (Å²) in [6, 6.07) is 14.9. The fourth-order valence-corrected chi connectivity index (χ4v) is 3.69.